The van der Waals surface area contributed by atoms with E-state index in [4.69, 9.17) is 4.74 Å². The highest BCUT2D eigenvalue weighted by atomic mass is 79.9. The summed E-state index contributed by atoms with van der Waals surface area (Å²) >= 11 is 3.43. The van der Waals surface area contributed by atoms with Crippen molar-refractivity contribution in [1.82, 2.24) is 4.90 Å². The quantitative estimate of drug-likeness (QED) is 0.902. The molecule has 1 aliphatic heterocycles. The Bertz CT molecular complexity index is 393. The van der Waals surface area contributed by atoms with Gasteiger partial charge >= 0.3 is 0 Å². The minimum Gasteiger partial charge on any atom is -0.387 e. The molecule has 1 fully saturated rings. The second-order valence-corrected chi connectivity index (χ2v) is 6.20. The molecule has 2 rings (SSSR count). The molecule has 0 aliphatic carbocycles. The molecule has 0 aromatic heterocycles. The van der Waals surface area contributed by atoms with Crippen molar-refractivity contribution in [3.63, 3.8) is 0 Å². The molecule has 4 heteroatoms. The van der Waals surface area contributed by atoms with Gasteiger partial charge in [-0.05, 0) is 44.0 Å². The summed E-state index contributed by atoms with van der Waals surface area (Å²) in [7, 11) is 2.04. The molecule has 106 valence electrons. The zero-order valence-electron chi connectivity index (χ0n) is 11.4. The zero-order chi connectivity index (χ0) is 13.7. The number of aliphatic hydroxyl groups is 1. The molecule has 2 unspecified atom stereocenters. The van der Waals surface area contributed by atoms with Gasteiger partial charge in [-0.1, -0.05) is 28.1 Å². The molecule has 1 aromatic carbocycles. The lowest BCUT2D eigenvalue weighted by atomic mass is 10.1. The Morgan fingerprint density at radius 1 is 1.47 bits per heavy atom. The van der Waals surface area contributed by atoms with E-state index in [1.807, 2.05) is 31.3 Å². The Kier molecular flexibility index (Phi) is 5.82. The van der Waals surface area contributed by atoms with E-state index in [0.717, 1.165) is 29.6 Å². The highest BCUT2D eigenvalue weighted by molar-refractivity contribution is 9.10. The van der Waals surface area contributed by atoms with Crippen LogP contribution in [0.25, 0.3) is 0 Å². The lowest BCUT2D eigenvalue weighted by Gasteiger charge is -2.28. The van der Waals surface area contributed by atoms with E-state index in [0.29, 0.717) is 12.6 Å². The summed E-state index contributed by atoms with van der Waals surface area (Å²) in [6.45, 7) is 2.41. The lowest BCUT2D eigenvalue weighted by Crippen LogP contribution is -2.35. The predicted molar refractivity (Wildman–Crippen MR) is 80.2 cm³/mol. The molecule has 0 bridgehead atoms. The average Bonchev–Trinajstić information content (AvgIpc) is 2.39. The van der Waals surface area contributed by atoms with E-state index in [1.165, 1.54) is 12.8 Å². The monoisotopic (exact) mass is 327 g/mol. The van der Waals surface area contributed by atoms with Crippen LogP contribution in [0.4, 0.5) is 0 Å². The number of nitrogens with zero attached hydrogens (tertiary/aromatic N) is 1. The van der Waals surface area contributed by atoms with Crippen LogP contribution in [0.15, 0.2) is 28.7 Å². The fourth-order valence-electron chi connectivity index (χ4n) is 2.49. The minimum atomic E-state index is -0.453. The van der Waals surface area contributed by atoms with Gasteiger partial charge in [0.15, 0.2) is 0 Å². The van der Waals surface area contributed by atoms with E-state index in [-0.39, 0.29) is 0 Å². The van der Waals surface area contributed by atoms with Gasteiger partial charge in [0.1, 0.15) is 0 Å². The van der Waals surface area contributed by atoms with E-state index in [9.17, 15) is 5.11 Å². The van der Waals surface area contributed by atoms with Crippen LogP contribution >= 0.6 is 15.9 Å². The van der Waals surface area contributed by atoms with E-state index in [2.05, 4.69) is 20.8 Å². The molecular formula is C15H22BrNO2. The number of benzene rings is 1. The molecule has 0 saturated carbocycles. The van der Waals surface area contributed by atoms with Crippen LogP contribution in [0.3, 0.4) is 0 Å². The van der Waals surface area contributed by atoms with Crippen molar-refractivity contribution in [2.45, 2.75) is 31.5 Å². The molecule has 0 spiro atoms. The molecule has 1 N–H and O–H groups in total. The highest BCUT2D eigenvalue weighted by Gasteiger charge is 2.18. The van der Waals surface area contributed by atoms with Crippen molar-refractivity contribution in [1.29, 1.82) is 0 Å². The Hall–Kier alpha value is -0.420. The first-order chi connectivity index (χ1) is 9.15. The third-order valence-corrected chi connectivity index (χ3v) is 4.00. The summed E-state index contributed by atoms with van der Waals surface area (Å²) < 4.78 is 6.73. The van der Waals surface area contributed by atoms with Crippen LogP contribution in [0, 0.1) is 0 Å². The van der Waals surface area contributed by atoms with Gasteiger partial charge in [0.2, 0.25) is 0 Å². The molecule has 0 amide bonds. The van der Waals surface area contributed by atoms with Gasteiger partial charge in [-0.25, -0.2) is 0 Å². The first kappa shape index (κ1) is 15.0. The Labute approximate surface area is 123 Å². The molecule has 1 heterocycles. The number of hydrogen-bond donors (Lipinski definition) is 1. The van der Waals surface area contributed by atoms with Gasteiger partial charge in [0, 0.05) is 24.2 Å². The smallest absolute Gasteiger partial charge is 0.0917 e. The Balaban J connectivity index is 1.82. The van der Waals surface area contributed by atoms with Gasteiger partial charge < -0.3 is 14.7 Å². The van der Waals surface area contributed by atoms with Gasteiger partial charge in [-0.3, -0.25) is 0 Å². The maximum Gasteiger partial charge on any atom is 0.0917 e. The number of ether oxygens (including phenoxy) is 1. The maximum atomic E-state index is 10.2. The van der Waals surface area contributed by atoms with Crippen LogP contribution in [0.1, 0.15) is 30.9 Å². The Morgan fingerprint density at radius 2 is 2.32 bits per heavy atom. The van der Waals surface area contributed by atoms with E-state index < -0.39 is 6.10 Å². The molecule has 1 aromatic rings. The third kappa shape index (κ3) is 4.88. The summed E-state index contributed by atoms with van der Waals surface area (Å²) in [5, 5.41) is 10.2. The summed E-state index contributed by atoms with van der Waals surface area (Å²) in [6, 6.07) is 7.85. The number of hydrogen-bond acceptors (Lipinski definition) is 3. The predicted octanol–water partition coefficient (Wildman–Crippen LogP) is 2.98. The van der Waals surface area contributed by atoms with Gasteiger partial charge in [-0.2, -0.15) is 0 Å². The first-order valence-corrected chi connectivity index (χ1v) is 7.68. The number of rotatable bonds is 5. The number of halogens is 1. The van der Waals surface area contributed by atoms with Crippen LogP contribution < -0.4 is 0 Å². The van der Waals surface area contributed by atoms with Crippen LogP contribution in [-0.4, -0.2) is 42.9 Å². The van der Waals surface area contributed by atoms with Crippen molar-refractivity contribution in [2.24, 2.45) is 0 Å². The number of aliphatic hydroxyl groups excluding tert-OH is 1. The first-order valence-electron chi connectivity index (χ1n) is 6.89. The minimum absolute atomic E-state index is 0.327. The fourth-order valence-corrected chi connectivity index (χ4v) is 2.90. The van der Waals surface area contributed by atoms with Crippen LogP contribution in [-0.2, 0) is 4.74 Å². The van der Waals surface area contributed by atoms with Crippen LogP contribution in [0.2, 0.25) is 0 Å². The largest absolute Gasteiger partial charge is 0.387 e. The highest BCUT2D eigenvalue weighted by Crippen LogP contribution is 2.20. The van der Waals surface area contributed by atoms with Crippen LogP contribution in [0.5, 0.6) is 0 Å². The SMILES string of the molecule is CN(CC1CCCCO1)CC(O)c1cccc(Br)c1. The summed E-state index contributed by atoms with van der Waals surface area (Å²) in [4.78, 5) is 2.15. The van der Waals surface area contributed by atoms with Crippen molar-refractivity contribution in [3.8, 4) is 0 Å². The molecule has 19 heavy (non-hydrogen) atoms. The van der Waals surface area contributed by atoms with Gasteiger partial charge in [-0.15, -0.1) is 0 Å². The van der Waals surface area contributed by atoms with Crippen molar-refractivity contribution in [3.05, 3.63) is 34.3 Å². The fraction of sp³-hybridized carbons (Fsp3) is 0.600. The summed E-state index contributed by atoms with van der Waals surface area (Å²) in [6.07, 6.45) is 3.45. The zero-order valence-corrected chi connectivity index (χ0v) is 13.0. The standard InChI is InChI=1S/C15H22BrNO2/c1-17(10-14-7-2-3-8-19-14)11-15(18)12-5-4-6-13(16)9-12/h4-6,9,14-15,18H,2-3,7-8,10-11H2,1H3. The van der Waals surface area contributed by atoms with Gasteiger partial charge in [0.05, 0.1) is 12.2 Å². The second kappa shape index (κ2) is 7.39. The maximum absolute atomic E-state index is 10.2. The summed E-state index contributed by atoms with van der Waals surface area (Å²) in [5.74, 6) is 0. The average molecular weight is 328 g/mol. The lowest BCUT2D eigenvalue weighted by molar-refractivity contribution is -0.00795. The molecule has 2 atom stereocenters. The summed E-state index contributed by atoms with van der Waals surface area (Å²) in [5.41, 5.74) is 0.950. The van der Waals surface area contributed by atoms with Gasteiger partial charge in [0.25, 0.3) is 0 Å². The molecule has 3 nitrogen and oxygen atoms in total. The third-order valence-electron chi connectivity index (χ3n) is 3.51. The topological polar surface area (TPSA) is 32.7 Å². The second-order valence-electron chi connectivity index (χ2n) is 5.28. The van der Waals surface area contributed by atoms with Crippen molar-refractivity contribution < 1.29 is 9.84 Å². The van der Waals surface area contributed by atoms with E-state index >= 15 is 0 Å². The molecule has 1 saturated heterocycles. The van der Waals surface area contributed by atoms with E-state index in [1.54, 1.807) is 0 Å². The molecular weight excluding hydrogens is 306 g/mol. The van der Waals surface area contributed by atoms with Crippen molar-refractivity contribution >= 4 is 15.9 Å². The van der Waals surface area contributed by atoms with Crippen molar-refractivity contribution in [2.75, 3.05) is 26.7 Å². The Morgan fingerprint density at radius 3 is 3.00 bits per heavy atom. The number of likely N-dealkylation sites (N-methyl/N-ethyl adjacent to an activating group) is 1. The molecule has 0 radical (unpaired) electrons. The normalized spacial score (nSPS) is 21.6. The molecule has 1 aliphatic rings.